The monoisotopic (exact) mass is 337 g/mol. The molecule has 1 unspecified atom stereocenters. The molecule has 4 N–H and O–H groups in total. The normalized spacial score (nSPS) is 12.7. The Labute approximate surface area is 134 Å². The van der Waals surface area contributed by atoms with E-state index in [9.17, 15) is 0 Å². The lowest BCUT2D eigenvalue weighted by Gasteiger charge is -2.12. The Morgan fingerprint density at radius 3 is 2.71 bits per heavy atom. The third kappa shape index (κ3) is 2.90. The van der Waals surface area contributed by atoms with Crippen LogP contribution in [0.4, 0.5) is 10.9 Å². The van der Waals surface area contributed by atoms with Crippen LogP contribution in [-0.2, 0) is 0 Å². The summed E-state index contributed by atoms with van der Waals surface area (Å²) in [4.78, 5) is 12.9. The van der Waals surface area contributed by atoms with Crippen LogP contribution in [0.3, 0.4) is 0 Å². The fraction of sp³-hybridized carbons (Fsp3) is 0.154. The highest BCUT2D eigenvalue weighted by atomic mass is 35.5. The molecule has 5 nitrogen and oxygen atoms in total. The van der Waals surface area contributed by atoms with Crippen LogP contribution >= 0.6 is 34.7 Å². The second kappa shape index (κ2) is 5.67. The van der Waals surface area contributed by atoms with E-state index in [1.807, 2.05) is 31.2 Å². The van der Waals surface area contributed by atoms with Crippen LogP contribution in [-0.4, -0.2) is 15.0 Å². The predicted molar refractivity (Wildman–Crippen MR) is 89.8 cm³/mol. The maximum Gasteiger partial charge on any atom is 0.192 e. The summed E-state index contributed by atoms with van der Waals surface area (Å²) in [5.74, 6) is 0.406. The van der Waals surface area contributed by atoms with Gasteiger partial charge in [-0.1, -0.05) is 52.9 Å². The van der Waals surface area contributed by atoms with Gasteiger partial charge in [-0.3, -0.25) is 0 Å². The van der Waals surface area contributed by atoms with Crippen molar-refractivity contribution in [2.45, 2.75) is 17.3 Å². The first-order chi connectivity index (χ1) is 10.0. The second-order valence-corrected chi connectivity index (χ2v) is 7.12. The van der Waals surface area contributed by atoms with Crippen molar-refractivity contribution in [1.82, 2.24) is 15.0 Å². The quantitative estimate of drug-likeness (QED) is 0.558. The molecule has 0 radical (unpaired) electrons. The van der Waals surface area contributed by atoms with Crippen molar-refractivity contribution < 1.29 is 0 Å². The summed E-state index contributed by atoms with van der Waals surface area (Å²) in [6, 6.07) is 7.72. The molecule has 3 rings (SSSR count). The Balaban J connectivity index is 1.93. The number of benzene rings is 1. The average molecular weight is 338 g/mol. The molecule has 2 heterocycles. The maximum atomic E-state index is 6.21. The first-order valence-corrected chi connectivity index (χ1v) is 8.22. The molecule has 0 spiro atoms. The average Bonchev–Trinajstić information content (AvgIpc) is 2.80. The third-order valence-corrected chi connectivity index (χ3v) is 5.14. The summed E-state index contributed by atoms with van der Waals surface area (Å²) in [5.41, 5.74) is 13.2. The zero-order valence-corrected chi connectivity index (χ0v) is 13.5. The molecular weight excluding hydrogens is 326 g/mol. The lowest BCUT2D eigenvalue weighted by molar-refractivity contribution is 0.982. The van der Waals surface area contributed by atoms with Gasteiger partial charge in [0.2, 0.25) is 0 Å². The van der Waals surface area contributed by atoms with Crippen LogP contribution in [0.15, 0.2) is 29.4 Å². The summed E-state index contributed by atoms with van der Waals surface area (Å²) in [7, 11) is 0. The first kappa shape index (κ1) is 14.4. The third-order valence-electron chi connectivity index (χ3n) is 2.90. The minimum Gasteiger partial charge on any atom is -0.382 e. The van der Waals surface area contributed by atoms with Crippen molar-refractivity contribution in [3.63, 3.8) is 0 Å². The van der Waals surface area contributed by atoms with Crippen LogP contribution in [0.25, 0.3) is 10.3 Å². The van der Waals surface area contributed by atoms with Gasteiger partial charge in [0.15, 0.2) is 15.9 Å². The van der Waals surface area contributed by atoms with Crippen molar-refractivity contribution in [2.24, 2.45) is 0 Å². The fourth-order valence-electron chi connectivity index (χ4n) is 1.92. The highest BCUT2D eigenvalue weighted by Crippen LogP contribution is 2.38. The van der Waals surface area contributed by atoms with E-state index in [4.69, 9.17) is 23.1 Å². The number of aromatic nitrogens is 3. The molecule has 0 fully saturated rings. The molecule has 0 saturated heterocycles. The zero-order valence-electron chi connectivity index (χ0n) is 11.1. The van der Waals surface area contributed by atoms with Crippen molar-refractivity contribution in [2.75, 3.05) is 11.5 Å². The van der Waals surface area contributed by atoms with Crippen molar-refractivity contribution >= 4 is 56.0 Å². The van der Waals surface area contributed by atoms with Gasteiger partial charge in [-0.05, 0) is 18.6 Å². The highest BCUT2D eigenvalue weighted by molar-refractivity contribution is 7.99. The molecule has 0 bridgehead atoms. The molecule has 0 aliphatic rings. The van der Waals surface area contributed by atoms with Gasteiger partial charge in [0.1, 0.15) is 10.5 Å². The first-order valence-electron chi connectivity index (χ1n) is 6.15. The van der Waals surface area contributed by atoms with Crippen LogP contribution in [0.2, 0.25) is 5.02 Å². The van der Waals surface area contributed by atoms with Crippen molar-refractivity contribution in [3.05, 3.63) is 34.9 Å². The van der Waals surface area contributed by atoms with E-state index < -0.39 is 0 Å². The lowest BCUT2D eigenvalue weighted by atomic mass is 10.2. The van der Waals surface area contributed by atoms with Gasteiger partial charge >= 0.3 is 0 Å². The van der Waals surface area contributed by atoms with Crippen LogP contribution in [0.1, 0.15) is 17.7 Å². The number of rotatable bonds is 3. The van der Waals surface area contributed by atoms with Gasteiger partial charge in [0, 0.05) is 10.3 Å². The Morgan fingerprint density at radius 2 is 1.95 bits per heavy atom. The second-order valence-electron chi connectivity index (χ2n) is 4.38. The summed E-state index contributed by atoms with van der Waals surface area (Å²) in [6.45, 7) is 2.05. The van der Waals surface area contributed by atoms with E-state index in [-0.39, 0.29) is 5.25 Å². The molecule has 8 heteroatoms. The number of nitrogens with zero attached hydrogens (tertiary/aromatic N) is 3. The Kier molecular flexibility index (Phi) is 3.88. The molecule has 2 aromatic heterocycles. The van der Waals surface area contributed by atoms with E-state index in [1.54, 1.807) is 0 Å². The summed E-state index contributed by atoms with van der Waals surface area (Å²) < 4.78 is 0.724. The standard InChI is InChI=1S/C13H12ClN5S2/c1-6(7-4-2-3-5-8(7)14)20-13-17-10(15)9-11(19-13)18-12(16)21-9/h2-6H,1H3,(H4,15,16,17,18,19). The fourth-order valence-corrected chi connectivity index (χ4v) is 3.90. The molecular formula is C13H12ClN5S2. The van der Waals surface area contributed by atoms with E-state index in [1.165, 1.54) is 23.1 Å². The number of fused-ring (bicyclic) bond motifs is 1. The van der Waals surface area contributed by atoms with Crippen molar-refractivity contribution in [3.8, 4) is 0 Å². The number of hydrogen-bond donors (Lipinski definition) is 2. The molecule has 1 aromatic carbocycles. The molecule has 21 heavy (non-hydrogen) atoms. The Hall–Kier alpha value is -1.57. The minimum absolute atomic E-state index is 0.103. The number of halogens is 1. The van der Waals surface area contributed by atoms with E-state index >= 15 is 0 Å². The SMILES string of the molecule is CC(Sc1nc(N)c2sc(N)nc2n1)c1ccccc1Cl. The van der Waals surface area contributed by atoms with E-state index in [2.05, 4.69) is 15.0 Å². The van der Waals surface area contributed by atoms with Gasteiger partial charge in [-0.2, -0.15) is 0 Å². The topological polar surface area (TPSA) is 90.7 Å². The summed E-state index contributed by atoms with van der Waals surface area (Å²) in [5, 5.41) is 1.83. The van der Waals surface area contributed by atoms with Gasteiger partial charge in [0.25, 0.3) is 0 Å². The summed E-state index contributed by atoms with van der Waals surface area (Å²) in [6.07, 6.45) is 0. The molecule has 0 aliphatic heterocycles. The van der Waals surface area contributed by atoms with Crippen LogP contribution < -0.4 is 11.5 Å². The van der Waals surface area contributed by atoms with E-state index in [0.29, 0.717) is 21.8 Å². The lowest BCUT2D eigenvalue weighted by Crippen LogP contribution is -1.97. The number of thioether (sulfide) groups is 1. The smallest absolute Gasteiger partial charge is 0.192 e. The molecule has 3 aromatic rings. The highest BCUT2D eigenvalue weighted by Gasteiger charge is 2.15. The van der Waals surface area contributed by atoms with Gasteiger partial charge < -0.3 is 11.5 Å². The summed E-state index contributed by atoms with van der Waals surface area (Å²) >= 11 is 8.99. The number of anilines is 2. The number of nitrogens with two attached hydrogens (primary N) is 2. The van der Waals surface area contributed by atoms with Gasteiger partial charge in [0.05, 0.1) is 0 Å². The Morgan fingerprint density at radius 1 is 1.19 bits per heavy atom. The van der Waals surface area contributed by atoms with E-state index in [0.717, 1.165) is 15.3 Å². The van der Waals surface area contributed by atoms with Gasteiger partial charge in [-0.15, -0.1) is 0 Å². The van der Waals surface area contributed by atoms with Crippen LogP contribution in [0.5, 0.6) is 0 Å². The van der Waals surface area contributed by atoms with Gasteiger partial charge in [-0.25, -0.2) is 15.0 Å². The maximum absolute atomic E-state index is 6.21. The minimum atomic E-state index is 0.103. The number of nitrogen functional groups attached to an aromatic ring is 2. The molecule has 0 aliphatic carbocycles. The Bertz CT molecular complexity index is 804. The molecule has 1 atom stereocenters. The molecule has 108 valence electrons. The van der Waals surface area contributed by atoms with Crippen molar-refractivity contribution in [1.29, 1.82) is 0 Å². The molecule has 0 saturated carbocycles. The molecule has 0 amide bonds. The zero-order chi connectivity index (χ0) is 15.0. The number of hydrogen-bond acceptors (Lipinski definition) is 7. The van der Waals surface area contributed by atoms with Crippen LogP contribution in [0, 0.1) is 0 Å². The number of thiazole rings is 1. The predicted octanol–water partition coefficient (Wildman–Crippen LogP) is 3.76. The largest absolute Gasteiger partial charge is 0.382 e.